The standard InChI is InChI=1S/C17H25NO4S/c1-3-4-11-21-16(19)15(10-12-23-2)18-17(20)22-13-14-8-6-5-7-9-14/h5-9,15H,3-4,10-13H2,1-2H3,(H,18,20)/t15-/m0/s1. The van der Waals surface area contributed by atoms with E-state index >= 15 is 0 Å². The quantitative estimate of drug-likeness (QED) is 0.523. The molecule has 1 rings (SSSR count). The van der Waals surface area contributed by atoms with E-state index in [0.717, 1.165) is 24.2 Å². The van der Waals surface area contributed by atoms with Crippen LogP contribution in [-0.4, -0.2) is 36.7 Å². The molecule has 23 heavy (non-hydrogen) atoms. The zero-order chi connectivity index (χ0) is 16.9. The molecule has 0 saturated heterocycles. The van der Waals surface area contributed by atoms with Gasteiger partial charge in [0.1, 0.15) is 12.6 Å². The van der Waals surface area contributed by atoms with Crippen molar-refractivity contribution in [3.05, 3.63) is 35.9 Å². The number of benzene rings is 1. The number of hydrogen-bond donors (Lipinski definition) is 1. The first kappa shape index (κ1) is 19.4. The van der Waals surface area contributed by atoms with Crippen LogP contribution in [0.3, 0.4) is 0 Å². The fourth-order valence-corrected chi connectivity index (χ4v) is 2.28. The maximum absolute atomic E-state index is 12.0. The zero-order valence-corrected chi connectivity index (χ0v) is 14.6. The van der Waals surface area contributed by atoms with Crippen molar-refractivity contribution in [1.82, 2.24) is 5.32 Å². The molecule has 1 amide bonds. The lowest BCUT2D eigenvalue weighted by molar-refractivity contribution is -0.146. The molecule has 0 unspecified atom stereocenters. The zero-order valence-electron chi connectivity index (χ0n) is 13.7. The van der Waals surface area contributed by atoms with Gasteiger partial charge in [-0.15, -0.1) is 0 Å². The maximum Gasteiger partial charge on any atom is 0.408 e. The first-order chi connectivity index (χ1) is 11.2. The number of rotatable bonds is 10. The van der Waals surface area contributed by atoms with E-state index < -0.39 is 18.1 Å². The number of amides is 1. The molecule has 0 saturated carbocycles. The monoisotopic (exact) mass is 339 g/mol. The van der Waals surface area contributed by atoms with Crippen LogP contribution in [0, 0.1) is 0 Å². The van der Waals surface area contributed by atoms with Crippen molar-refractivity contribution in [3.63, 3.8) is 0 Å². The van der Waals surface area contributed by atoms with E-state index in [1.165, 1.54) is 0 Å². The molecule has 6 heteroatoms. The Morgan fingerprint density at radius 1 is 1.22 bits per heavy atom. The van der Waals surface area contributed by atoms with Gasteiger partial charge in [0.25, 0.3) is 0 Å². The molecular formula is C17H25NO4S. The van der Waals surface area contributed by atoms with Crippen LogP contribution in [0.2, 0.25) is 0 Å². The van der Waals surface area contributed by atoms with E-state index in [9.17, 15) is 9.59 Å². The van der Waals surface area contributed by atoms with Gasteiger partial charge < -0.3 is 14.8 Å². The fraction of sp³-hybridized carbons (Fsp3) is 0.529. The van der Waals surface area contributed by atoms with Crippen molar-refractivity contribution in [1.29, 1.82) is 0 Å². The van der Waals surface area contributed by atoms with Gasteiger partial charge in [-0.3, -0.25) is 0 Å². The van der Waals surface area contributed by atoms with Crippen LogP contribution in [0.15, 0.2) is 30.3 Å². The number of carbonyl (C=O) groups excluding carboxylic acids is 2. The first-order valence-electron chi connectivity index (χ1n) is 7.80. The van der Waals surface area contributed by atoms with Gasteiger partial charge in [0, 0.05) is 0 Å². The Hall–Kier alpha value is -1.69. The number of nitrogens with one attached hydrogen (secondary N) is 1. The second kappa shape index (κ2) is 11.8. The molecule has 0 aromatic heterocycles. The molecule has 0 spiro atoms. The molecule has 0 aliphatic heterocycles. The molecule has 0 aliphatic carbocycles. The smallest absolute Gasteiger partial charge is 0.408 e. The normalized spacial score (nSPS) is 11.6. The van der Waals surface area contributed by atoms with Gasteiger partial charge in [-0.2, -0.15) is 11.8 Å². The Balaban J connectivity index is 2.44. The van der Waals surface area contributed by atoms with Crippen LogP contribution in [0.1, 0.15) is 31.7 Å². The van der Waals surface area contributed by atoms with E-state index in [2.05, 4.69) is 5.32 Å². The minimum atomic E-state index is -0.664. The molecule has 1 aromatic carbocycles. The summed E-state index contributed by atoms with van der Waals surface area (Å²) in [6.45, 7) is 2.58. The Kier molecular flexibility index (Phi) is 9.95. The molecule has 5 nitrogen and oxygen atoms in total. The Labute approximate surface area is 142 Å². The Morgan fingerprint density at radius 3 is 2.61 bits per heavy atom. The van der Waals surface area contributed by atoms with Crippen LogP contribution in [-0.2, 0) is 20.9 Å². The largest absolute Gasteiger partial charge is 0.464 e. The number of alkyl carbamates (subject to hydrolysis) is 1. The molecule has 1 N–H and O–H groups in total. The van der Waals surface area contributed by atoms with Crippen LogP contribution in [0.4, 0.5) is 4.79 Å². The highest BCUT2D eigenvalue weighted by atomic mass is 32.2. The van der Waals surface area contributed by atoms with Gasteiger partial charge in [-0.1, -0.05) is 43.7 Å². The predicted octanol–water partition coefficient (Wildman–Crippen LogP) is 3.38. The third-order valence-corrected chi connectivity index (χ3v) is 3.79. The molecule has 0 heterocycles. The van der Waals surface area contributed by atoms with Crippen molar-refractivity contribution in [2.45, 2.75) is 38.8 Å². The summed E-state index contributed by atoms with van der Waals surface area (Å²) in [7, 11) is 0. The summed E-state index contributed by atoms with van der Waals surface area (Å²) < 4.78 is 10.3. The molecule has 128 valence electrons. The fourth-order valence-electron chi connectivity index (χ4n) is 1.81. The number of carbonyl (C=O) groups is 2. The molecular weight excluding hydrogens is 314 g/mol. The summed E-state index contributed by atoms with van der Waals surface area (Å²) in [5.41, 5.74) is 0.897. The number of ether oxygens (including phenoxy) is 2. The second-order valence-corrected chi connectivity index (χ2v) is 6.05. The van der Waals surface area contributed by atoms with Crippen molar-refractivity contribution in [2.24, 2.45) is 0 Å². The topological polar surface area (TPSA) is 64.6 Å². The lowest BCUT2D eigenvalue weighted by atomic mass is 10.2. The molecule has 1 aromatic rings. The predicted molar refractivity (Wildman–Crippen MR) is 92.4 cm³/mol. The van der Waals surface area contributed by atoms with E-state index in [-0.39, 0.29) is 6.61 Å². The van der Waals surface area contributed by atoms with Crippen LogP contribution < -0.4 is 5.32 Å². The number of unbranched alkanes of at least 4 members (excludes halogenated alkanes) is 1. The van der Waals surface area contributed by atoms with Crippen molar-refractivity contribution >= 4 is 23.8 Å². The van der Waals surface area contributed by atoms with Crippen molar-refractivity contribution in [3.8, 4) is 0 Å². The van der Waals surface area contributed by atoms with Gasteiger partial charge >= 0.3 is 12.1 Å². The minimum Gasteiger partial charge on any atom is -0.464 e. The van der Waals surface area contributed by atoms with Crippen molar-refractivity contribution in [2.75, 3.05) is 18.6 Å². The van der Waals surface area contributed by atoms with Crippen LogP contribution in [0.25, 0.3) is 0 Å². The summed E-state index contributed by atoms with van der Waals surface area (Å²) in [5.74, 6) is 0.358. The van der Waals surface area contributed by atoms with Gasteiger partial charge in [-0.25, -0.2) is 9.59 Å². The summed E-state index contributed by atoms with van der Waals surface area (Å²) >= 11 is 1.61. The maximum atomic E-state index is 12.0. The average molecular weight is 339 g/mol. The number of esters is 1. The SMILES string of the molecule is CCCCOC(=O)[C@H](CCSC)NC(=O)OCc1ccccc1. The molecule has 0 bridgehead atoms. The highest BCUT2D eigenvalue weighted by Crippen LogP contribution is 2.05. The summed E-state index contributed by atoms with van der Waals surface area (Å²) in [5, 5.41) is 2.60. The van der Waals surface area contributed by atoms with E-state index in [4.69, 9.17) is 9.47 Å². The van der Waals surface area contributed by atoms with Gasteiger partial charge in [-0.05, 0) is 30.4 Å². The third-order valence-electron chi connectivity index (χ3n) is 3.14. The molecule has 0 aliphatic rings. The van der Waals surface area contributed by atoms with Gasteiger partial charge in [0.05, 0.1) is 6.61 Å². The minimum absolute atomic E-state index is 0.173. The highest BCUT2D eigenvalue weighted by molar-refractivity contribution is 7.98. The average Bonchev–Trinajstić information content (AvgIpc) is 2.57. The van der Waals surface area contributed by atoms with E-state index in [1.54, 1.807) is 11.8 Å². The highest BCUT2D eigenvalue weighted by Gasteiger charge is 2.22. The number of hydrogen-bond acceptors (Lipinski definition) is 5. The Bertz CT molecular complexity index is 467. The van der Waals surface area contributed by atoms with E-state index in [0.29, 0.717) is 13.0 Å². The Morgan fingerprint density at radius 2 is 1.96 bits per heavy atom. The van der Waals surface area contributed by atoms with Gasteiger partial charge in [0.15, 0.2) is 0 Å². The van der Waals surface area contributed by atoms with Gasteiger partial charge in [0.2, 0.25) is 0 Å². The third kappa shape index (κ3) is 8.50. The molecule has 0 radical (unpaired) electrons. The second-order valence-electron chi connectivity index (χ2n) is 5.06. The summed E-state index contributed by atoms with van der Waals surface area (Å²) in [4.78, 5) is 23.9. The first-order valence-corrected chi connectivity index (χ1v) is 9.19. The lowest BCUT2D eigenvalue weighted by Crippen LogP contribution is -2.42. The molecule has 0 fully saturated rings. The van der Waals surface area contributed by atoms with Crippen molar-refractivity contribution < 1.29 is 19.1 Å². The lowest BCUT2D eigenvalue weighted by Gasteiger charge is -2.17. The van der Waals surface area contributed by atoms with Crippen LogP contribution in [0.5, 0.6) is 0 Å². The van der Waals surface area contributed by atoms with Crippen LogP contribution >= 0.6 is 11.8 Å². The summed E-state index contributed by atoms with van der Waals surface area (Å²) in [6.07, 6.45) is 3.64. The molecule has 1 atom stereocenters. The summed E-state index contributed by atoms with van der Waals surface area (Å²) in [6, 6.07) is 8.73. The van der Waals surface area contributed by atoms with E-state index in [1.807, 2.05) is 43.5 Å². The number of thioether (sulfide) groups is 1.